The van der Waals surface area contributed by atoms with Crippen LogP contribution in [0, 0.1) is 5.82 Å². The van der Waals surface area contributed by atoms with Crippen LogP contribution in [-0.4, -0.2) is 17.0 Å². The minimum Gasteiger partial charge on any atom is -0.481 e. The summed E-state index contributed by atoms with van der Waals surface area (Å²) in [5, 5.41) is 7.72. The zero-order chi connectivity index (χ0) is 19.5. The molecule has 0 fully saturated rings. The first kappa shape index (κ1) is 21.4. The van der Waals surface area contributed by atoms with E-state index in [0.717, 1.165) is 23.1 Å². The number of carbonyl (C=O) groups excluding carboxylic acids is 1. The van der Waals surface area contributed by atoms with Crippen LogP contribution >= 0.6 is 0 Å². The Balaban J connectivity index is 0.000000597. The second kappa shape index (κ2) is 11.0. The summed E-state index contributed by atoms with van der Waals surface area (Å²) in [4.78, 5) is 20.3. The van der Waals surface area contributed by atoms with Crippen LogP contribution < -0.4 is 5.73 Å². The van der Waals surface area contributed by atoms with Crippen molar-refractivity contribution in [1.29, 1.82) is 0 Å². The van der Waals surface area contributed by atoms with Crippen LogP contribution in [0.1, 0.15) is 48.9 Å². The molecule has 2 aromatic rings. The Morgan fingerprint density at radius 2 is 1.62 bits per heavy atom. The van der Waals surface area contributed by atoms with Crippen LogP contribution in [0.5, 0.6) is 0 Å². The van der Waals surface area contributed by atoms with Gasteiger partial charge in [0.05, 0.1) is 0 Å². The lowest BCUT2D eigenvalue weighted by molar-refractivity contribution is -0.136. The topological polar surface area (TPSA) is 80.4 Å². The summed E-state index contributed by atoms with van der Waals surface area (Å²) in [6.07, 6.45) is 2.85. The van der Waals surface area contributed by atoms with E-state index in [0.29, 0.717) is 19.3 Å². The van der Waals surface area contributed by atoms with Crippen molar-refractivity contribution in [1.82, 2.24) is 0 Å². The Morgan fingerprint density at radius 1 is 1.00 bits per heavy atom. The van der Waals surface area contributed by atoms with Crippen molar-refractivity contribution in [3.63, 3.8) is 0 Å². The third-order valence-corrected chi connectivity index (χ3v) is 3.78. The Morgan fingerprint density at radius 3 is 2.15 bits per heavy atom. The number of primary amides is 1. The van der Waals surface area contributed by atoms with Crippen LogP contribution in [0.15, 0.2) is 42.5 Å². The minimum atomic E-state index is -0.745. The van der Waals surface area contributed by atoms with E-state index in [2.05, 4.69) is 25.1 Å². The predicted molar refractivity (Wildman–Crippen MR) is 100 cm³/mol. The van der Waals surface area contributed by atoms with E-state index in [4.69, 9.17) is 10.8 Å². The normalized spacial score (nSPS) is 9.96. The second-order valence-electron chi connectivity index (χ2n) is 6.03. The van der Waals surface area contributed by atoms with Gasteiger partial charge in [0.1, 0.15) is 5.82 Å². The predicted octanol–water partition coefficient (Wildman–Crippen LogP) is 3.88. The van der Waals surface area contributed by atoms with Gasteiger partial charge in [-0.1, -0.05) is 44.2 Å². The van der Waals surface area contributed by atoms with Gasteiger partial charge in [0, 0.05) is 12.8 Å². The quantitative estimate of drug-likeness (QED) is 0.787. The SMILES string of the molecule is CCC(=O)O.CCc1cc(CCC(N)=O)cc(Cc2cccc(F)c2)c1. The van der Waals surface area contributed by atoms with Crippen LogP contribution in [0.3, 0.4) is 0 Å². The molecule has 4 nitrogen and oxygen atoms in total. The number of amides is 1. The number of hydrogen-bond acceptors (Lipinski definition) is 2. The number of carbonyl (C=O) groups is 2. The van der Waals surface area contributed by atoms with Gasteiger partial charge in [-0.3, -0.25) is 9.59 Å². The lowest BCUT2D eigenvalue weighted by Crippen LogP contribution is -2.11. The van der Waals surface area contributed by atoms with Gasteiger partial charge in [-0.15, -0.1) is 0 Å². The fraction of sp³-hybridized carbons (Fsp3) is 0.333. The fourth-order valence-electron chi connectivity index (χ4n) is 2.44. The van der Waals surface area contributed by atoms with Gasteiger partial charge in [0.15, 0.2) is 0 Å². The molecule has 0 radical (unpaired) electrons. The van der Waals surface area contributed by atoms with Crippen LogP contribution in [0.4, 0.5) is 4.39 Å². The van der Waals surface area contributed by atoms with E-state index < -0.39 is 5.97 Å². The van der Waals surface area contributed by atoms with Crippen LogP contribution in [0.2, 0.25) is 0 Å². The molecule has 0 aliphatic heterocycles. The van der Waals surface area contributed by atoms with Gasteiger partial charge in [0.25, 0.3) is 0 Å². The number of halogens is 1. The summed E-state index contributed by atoms with van der Waals surface area (Å²) in [5.74, 6) is -1.25. The molecule has 0 atom stereocenters. The monoisotopic (exact) mass is 359 g/mol. The molecule has 5 heteroatoms. The smallest absolute Gasteiger partial charge is 0.303 e. The number of aryl methyl sites for hydroxylation is 2. The molecule has 0 bridgehead atoms. The highest BCUT2D eigenvalue weighted by molar-refractivity contribution is 5.74. The molecule has 2 aromatic carbocycles. The third kappa shape index (κ3) is 8.42. The number of benzene rings is 2. The maximum atomic E-state index is 13.3. The van der Waals surface area contributed by atoms with Gasteiger partial charge in [-0.2, -0.15) is 0 Å². The molecular weight excluding hydrogens is 333 g/mol. The first-order valence-electron chi connectivity index (χ1n) is 8.70. The number of rotatable bonds is 7. The molecule has 1 amide bonds. The van der Waals surface area contributed by atoms with Gasteiger partial charge >= 0.3 is 5.97 Å². The Bertz CT molecular complexity index is 744. The number of aliphatic carboxylic acids is 1. The molecule has 0 aliphatic carbocycles. The maximum Gasteiger partial charge on any atom is 0.303 e. The van der Waals surface area contributed by atoms with Crippen molar-refractivity contribution >= 4 is 11.9 Å². The van der Waals surface area contributed by atoms with E-state index in [1.54, 1.807) is 19.1 Å². The van der Waals surface area contributed by atoms with Crippen molar-refractivity contribution in [3.8, 4) is 0 Å². The van der Waals surface area contributed by atoms with Crippen molar-refractivity contribution in [2.45, 2.75) is 46.0 Å². The van der Waals surface area contributed by atoms with Crippen LogP contribution in [0.25, 0.3) is 0 Å². The molecule has 0 saturated carbocycles. The summed E-state index contributed by atoms with van der Waals surface area (Å²) in [6.45, 7) is 3.70. The molecule has 0 aromatic heterocycles. The zero-order valence-corrected chi connectivity index (χ0v) is 15.3. The molecule has 26 heavy (non-hydrogen) atoms. The van der Waals surface area contributed by atoms with Crippen molar-refractivity contribution in [2.75, 3.05) is 0 Å². The largest absolute Gasteiger partial charge is 0.481 e. The van der Waals surface area contributed by atoms with E-state index in [1.807, 2.05) is 6.07 Å². The molecular formula is C21H26FNO3. The summed E-state index contributed by atoms with van der Waals surface area (Å²) >= 11 is 0. The van der Waals surface area contributed by atoms with Gasteiger partial charge in [-0.25, -0.2) is 4.39 Å². The number of hydrogen-bond donors (Lipinski definition) is 2. The van der Waals surface area contributed by atoms with Crippen molar-refractivity contribution in [2.24, 2.45) is 5.73 Å². The first-order valence-corrected chi connectivity index (χ1v) is 8.70. The van der Waals surface area contributed by atoms with Gasteiger partial charge in [0.2, 0.25) is 5.91 Å². The third-order valence-electron chi connectivity index (χ3n) is 3.78. The lowest BCUT2D eigenvalue weighted by Gasteiger charge is -2.09. The summed E-state index contributed by atoms with van der Waals surface area (Å²) in [5.41, 5.74) is 9.63. The number of carboxylic acids is 1. The van der Waals surface area contributed by atoms with Gasteiger partial charge in [-0.05, 0) is 53.6 Å². The highest BCUT2D eigenvalue weighted by atomic mass is 19.1. The standard InChI is InChI=1S/C18H20FNO.C3H6O2/c1-2-13-8-15(6-7-18(20)21)11-16(9-13)10-14-4-3-5-17(19)12-14;1-2-3(4)5/h3-5,8-9,11-12H,2,6-7,10H2,1H3,(H2,20,21);2H2,1H3,(H,4,5). The van der Waals surface area contributed by atoms with E-state index in [-0.39, 0.29) is 18.1 Å². The molecule has 0 saturated heterocycles. The Hall–Kier alpha value is -2.69. The minimum absolute atomic E-state index is 0.215. The fourth-order valence-corrected chi connectivity index (χ4v) is 2.44. The van der Waals surface area contributed by atoms with E-state index in [9.17, 15) is 14.0 Å². The summed E-state index contributed by atoms with van der Waals surface area (Å²) < 4.78 is 13.3. The summed E-state index contributed by atoms with van der Waals surface area (Å²) in [6, 6.07) is 13.0. The molecule has 2 rings (SSSR count). The highest BCUT2D eigenvalue weighted by Crippen LogP contribution is 2.17. The highest BCUT2D eigenvalue weighted by Gasteiger charge is 2.04. The molecule has 0 heterocycles. The second-order valence-corrected chi connectivity index (χ2v) is 6.03. The first-order chi connectivity index (χ1) is 12.3. The molecule has 0 unspecified atom stereocenters. The van der Waals surface area contributed by atoms with E-state index >= 15 is 0 Å². The molecule has 3 N–H and O–H groups in total. The molecule has 0 spiro atoms. The van der Waals surface area contributed by atoms with Crippen LogP contribution in [-0.2, 0) is 28.9 Å². The van der Waals surface area contributed by atoms with Crippen molar-refractivity contribution < 1.29 is 19.1 Å². The van der Waals surface area contributed by atoms with Crippen molar-refractivity contribution in [3.05, 3.63) is 70.5 Å². The number of nitrogens with two attached hydrogens (primary N) is 1. The Kier molecular flexibility index (Phi) is 9.06. The summed E-state index contributed by atoms with van der Waals surface area (Å²) in [7, 11) is 0. The average Bonchev–Trinajstić information content (AvgIpc) is 2.60. The molecule has 0 aliphatic rings. The van der Waals surface area contributed by atoms with Gasteiger partial charge < -0.3 is 10.8 Å². The molecule has 140 valence electrons. The Labute approximate surface area is 153 Å². The number of carboxylic acid groups (broad SMARTS) is 1. The lowest BCUT2D eigenvalue weighted by atomic mass is 9.97. The average molecular weight is 359 g/mol. The zero-order valence-electron chi connectivity index (χ0n) is 15.3. The maximum absolute atomic E-state index is 13.3. The van der Waals surface area contributed by atoms with E-state index in [1.165, 1.54) is 11.6 Å².